The molecule has 0 aliphatic heterocycles. The van der Waals surface area contributed by atoms with Gasteiger partial charge in [0.2, 0.25) is 0 Å². The highest BCUT2D eigenvalue weighted by molar-refractivity contribution is 5.47. The first kappa shape index (κ1) is 14.7. The SMILES string of the molecule is CCCNc1cc(NCCC(C)(C)N)nc(C)n1. The molecule has 0 bridgehead atoms. The van der Waals surface area contributed by atoms with Crippen LogP contribution in [0.2, 0.25) is 0 Å². The number of nitrogens with two attached hydrogens (primary N) is 1. The van der Waals surface area contributed by atoms with E-state index < -0.39 is 0 Å². The summed E-state index contributed by atoms with van der Waals surface area (Å²) in [5.41, 5.74) is 5.79. The summed E-state index contributed by atoms with van der Waals surface area (Å²) >= 11 is 0. The molecule has 0 radical (unpaired) electrons. The minimum absolute atomic E-state index is 0.154. The molecule has 0 aliphatic carbocycles. The van der Waals surface area contributed by atoms with Crippen LogP contribution in [0, 0.1) is 6.92 Å². The van der Waals surface area contributed by atoms with Gasteiger partial charge < -0.3 is 16.4 Å². The summed E-state index contributed by atoms with van der Waals surface area (Å²) in [4.78, 5) is 8.70. The highest BCUT2D eigenvalue weighted by atomic mass is 15.1. The largest absolute Gasteiger partial charge is 0.370 e. The lowest BCUT2D eigenvalue weighted by molar-refractivity contribution is 0.490. The zero-order valence-corrected chi connectivity index (χ0v) is 11.9. The van der Waals surface area contributed by atoms with Crippen molar-refractivity contribution in [2.75, 3.05) is 23.7 Å². The molecule has 0 atom stereocenters. The molecule has 5 heteroatoms. The Kier molecular flexibility index (Phi) is 5.34. The maximum Gasteiger partial charge on any atom is 0.131 e. The monoisotopic (exact) mass is 251 g/mol. The first-order valence-corrected chi connectivity index (χ1v) is 6.53. The number of aryl methyl sites for hydroxylation is 1. The minimum atomic E-state index is -0.154. The summed E-state index contributed by atoms with van der Waals surface area (Å²) < 4.78 is 0. The second-order valence-corrected chi connectivity index (χ2v) is 5.28. The Bertz CT molecular complexity index is 370. The summed E-state index contributed by atoms with van der Waals surface area (Å²) in [5, 5.41) is 6.55. The van der Waals surface area contributed by atoms with Crippen LogP contribution in [0.5, 0.6) is 0 Å². The zero-order chi connectivity index (χ0) is 13.6. The van der Waals surface area contributed by atoms with Crippen LogP contribution in [0.3, 0.4) is 0 Å². The molecule has 0 amide bonds. The maximum absolute atomic E-state index is 5.94. The van der Waals surface area contributed by atoms with Crippen molar-refractivity contribution in [2.45, 2.75) is 46.1 Å². The third kappa shape index (κ3) is 5.82. The van der Waals surface area contributed by atoms with Crippen LogP contribution in [0.4, 0.5) is 11.6 Å². The van der Waals surface area contributed by atoms with Crippen LogP contribution in [0.25, 0.3) is 0 Å². The highest BCUT2D eigenvalue weighted by Crippen LogP contribution is 2.12. The first-order valence-electron chi connectivity index (χ1n) is 6.53. The number of hydrogen-bond donors (Lipinski definition) is 3. The molecule has 0 fully saturated rings. The summed E-state index contributed by atoms with van der Waals surface area (Å²) in [7, 11) is 0. The molecule has 0 aliphatic rings. The van der Waals surface area contributed by atoms with Crippen molar-refractivity contribution in [3.63, 3.8) is 0 Å². The Morgan fingerprint density at radius 1 is 1.17 bits per heavy atom. The second kappa shape index (κ2) is 6.54. The third-order valence-corrected chi connectivity index (χ3v) is 2.47. The van der Waals surface area contributed by atoms with Gasteiger partial charge in [-0.1, -0.05) is 6.92 Å². The van der Waals surface area contributed by atoms with Gasteiger partial charge in [0.25, 0.3) is 0 Å². The molecular weight excluding hydrogens is 226 g/mol. The molecular formula is C13H25N5. The van der Waals surface area contributed by atoms with Gasteiger partial charge in [-0.15, -0.1) is 0 Å². The molecule has 5 nitrogen and oxygen atoms in total. The first-order chi connectivity index (χ1) is 8.40. The van der Waals surface area contributed by atoms with Crippen molar-refractivity contribution >= 4 is 11.6 Å². The van der Waals surface area contributed by atoms with E-state index in [1.807, 2.05) is 26.8 Å². The minimum Gasteiger partial charge on any atom is -0.370 e. The summed E-state index contributed by atoms with van der Waals surface area (Å²) in [5.74, 6) is 2.50. The molecule has 0 unspecified atom stereocenters. The normalized spacial score (nSPS) is 11.4. The molecule has 4 N–H and O–H groups in total. The fourth-order valence-electron chi connectivity index (χ4n) is 1.51. The summed E-state index contributed by atoms with van der Waals surface area (Å²) in [6.45, 7) is 9.81. The van der Waals surface area contributed by atoms with Gasteiger partial charge in [-0.3, -0.25) is 0 Å². The van der Waals surface area contributed by atoms with Crippen LogP contribution in [-0.2, 0) is 0 Å². The van der Waals surface area contributed by atoms with E-state index in [1.165, 1.54) is 0 Å². The standard InChI is InChI=1S/C13H25N5/c1-5-7-15-11-9-12(18-10(2)17-11)16-8-6-13(3,4)14/h9H,5-8,14H2,1-4H3,(H2,15,16,17,18). The van der Waals surface area contributed by atoms with Crippen molar-refractivity contribution in [2.24, 2.45) is 5.73 Å². The Morgan fingerprint density at radius 3 is 2.22 bits per heavy atom. The molecule has 0 saturated carbocycles. The molecule has 1 aromatic heterocycles. The van der Waals surface area contributed by atoms with E-state index in [2.05, 4.69) is 27.5 Å². The average Bonchev–Trinajstić information content (AvgIpc) is 2.24. The molecule has 102 valence electrons. The van der Waals surface area contributed by atoms with Gasteiger partial charge in [-0.25, -0.2) is 9.97 Å². The molecule has 18 heavy (non-hydrogen) atoms. The second-order valence-electron chi connectivity index (χ2n) is 5.28. The van der Waals surface area contributed by atoms with Crippen molar-refractivity contribution in [3.05, 3.63) is 11.9 Å². The highest BCUT2D eigenvalue weighted by Gasteiger charge is 2.10. The lowest BCUT2D eigenvalue weighted by atomic mass is 10.0. The fraction of sp³-hybridized carbons (Fsp3) is 0.692. The summed E-state index contributed by atoms with van der Waals surface area (Å²) in [6, 6.07) is 1.94. The van der Waals surface area contributed by atoms with E-state index in [0.29, 0.717) is 0 Å². The van der Waals surface area contributed by atoms with E-state index in [1.54, 1.807) is 0 Å². The van der Waals surface area contributed by atoms with Gasteiger partial charge >= 0.3 is 0 Å². The van der Waals surface area contributed by atoms with Crippen LogP contribution in [0.15, 0.2) is 6.07 Å². The molecule has 0 spiro atoms. The molecule has 0 aromatic carbocycles. The van der Waals surface area contributed by atoms with E-state index in [-0.39, 0.29) is 5.54 Å². The fourth-order valence-corrected chi connectivity index (χ4v) is 1.51. The van der Waals surface area contributed by atoms with Gasteiger partial charge in [0, 0.05) is 24.7 Å². The zero-order valence-electron chi connectivity index (χ0n) is 11.9. The molecule has 1 rings (SSSR count). The molecule has 0 saturated heterocycles. The van der Waals surface area contributed by atoms with E-state index >= 15 is 0 Å². The van der Waals surface area contributed by atoms with Crippen molar-refractivity contribution in [3.8, 4) is 0 Å². The Morgan fingerprint density at radius 2 is 1.72 bits per heavy atom. The Labute approximate surface area is 110 Å². The maximum atomic E-state index is 5.94. The molecule has 1 heterocycles. The Hall–Kier alpha value is -1.36. The van der Waals surface area contributed by atoms with Gasteiger partial charge in [0.1, 0.15) is 17.5 Å². The number of nitrogens with one attached hydrogen (secondary N) is 2. The number of aromatic nitrogens is 2. The van der Waals surface area contributed by atoms with Crippen molar-refractivity contribution in [1.29, 1.82) is 0 Å². The predicted octanol–water partition coefficient (Wildman–Crippen LogP) is 2.15. The average molecular weight is 251 g/mol. The molecule has 1 aromatic rings. The van der Waals surface area contributed by atoms with Crippen LogP contribution >= 0.6 is 0 Å². The predicted molar refractivity (Wildman–Crippen MR) is 76.9 cm³/mol. The number of nitrogens with zero attached hydrogens (tertiary/aromatic N) is 2. The lowest BCUT2D eigenvalue weighted by Gasteiger charge is -2.18. The van der Waals surface area contributed by atoms with Gasteiger partial charge in [0.05, 0.1) is 0 Å². The third-order valence-electron chi connectivity index (χ3n) is 2.47. The lowest BCUT2D eigenvalue weighted by Crippen LogP contribution is -2.34. The quantitative estimate of drug-likeness (QED) is 0.692. The van der Waals surface area contributed by atoms with E-state index in [9.17, 15) is 0 Å². The number of rotatable bonds is 7. The van der Waals surface area contributed by atoms with Crippen LogP contribution < -0.4 is 16.4 Å². The summed E-state index contributed by atoms with van der Waals surface area (Å²) in [6.07, 6.45) is 1.97. The topological polar surface area (TPSA) is 75.9 Å². The van der Waals surface area contributed by atoms with Crippen LogP contribution in [-0.4, -0.2) is 28.6 Å². The van der Waals surface area contributed by atoms with Crippen molar-refractivity contribution in [1.82, 2.24) is 9.97 Å². The number of hydrogen-bond acceptors (Lipinski definition) is 5. The van der Waals surface area contributed by atoms with Crippen molar-refractivity contribution < 1.29 is 0 Å². The van der Waals surface area contributed by atoms with Gasteiger partial charge in [-0.2, -0.15) is 0 Å². The Balaban J connectivity index is 2.57. The van der Waals surface area contributed by atoms with Gasteiger partial charge in [-0.05, 0) is 33.6 Å². The van der Waals surface area contributed by atoms with E-state index in [4.69, 9.17) is 5.73 Å². The smallest absolute Gasteiger partial charge is 0.131 e. The van der Waals surface area contributed by atoms with Gasteiger partial charge in [0.15, 0.2) is 0 Å². The van der Waals surface area contributed by atoms with E-state index in [0.717, 1.165) is 43.4 Å². The number of anilines is 2. The van der Waals surface area contributed by atoms with Crippen LogP contribution in [0.1, 0.15) is 39.4 Å².